The number of hydrogen-bond acceptors (Lipinski definition) is 3. The number of carbonyl (C=O) groups excluding carboxylic acids is 1. The van der Waals surface area contributed by atoms with E-state index in [1.54, 1.807) is 17.9 Å². The highest BCUT2D eigenvalue weighted by Crippen LogP contribution is 2.24. The second-order valence-corrected chi connectivity index (χ2v) is 7.51. The molecule has 0 amide bonds. The molecule has 2 heterocycles. The molecule has 0 aliphatic carbocycles. The molecule has 0 fully saturated rings. The van der Waals surface area contributed by atoms with Crippen molar-refractivity contribution in [3.05, 3.63) is 95.7 Å². The molecule has 0 aliphatic heterocycles. The number of nitrogens with zero attached hydrogens (tertiary/aromatic N) is 2. The summed E-state index contributed by atoms with van der Waals surface area (Å²) in [6, 6.07) is 23.5. The van der Waals surface area contributed by atoms with Gasteiger partial charge in [0.2, 0.25) is 5.62 Å². The summed E-state index contributed by atoms with van der Waals surface area (Å²) in [5, 5.41) is 9.64. The highest BCUT2D eigenvalue weighted by atomic mass is 79.9. The Labute approximate surface area is 195 Å². The van der Waals surface area contributed by atoms with Gasteiger partial charge in [0.25, 0.3) is 0 Å². The Kier molecular flexibility index (Phi) is 6.01. The fourth-order valence-corrected chi connectivity index (χ4v) is 4.07. The zero-order chi connectivity index (χ0) is 21.4. The smallest absolute Gasteiger partial charge is 0.203 e. The van der Waals surface area contributed by atoms with Gasteiger partial charge in [-0.15, -0.1) is 17.0 Å². The molecule has 0 saturated heterocycles. The maximum absolute atomic E-state index is 13.3. The first kappa shape index (κ1) is 21.6. The van der Waals surface area contributed by atoms with Crippen LogP contribution in [0.4, 0.5) is 0 Å². The Morgan fingerprint density at radius 3 is 2.38 bits per heavy atom. The van der Waals surface area contributed by atoms with Gasteiger partial charge in [0.05, 0.1) is 31.2 Å². The van der Waals surface area contributed by atoms with Crippen LogP contribution in [0.3, 0.4) is 0 Å². The average Bonchev–Trinajstić information content (AvgIpc) is 3.34. The van der Waals surface area contributed by atoms with Gasteiger partial charge in [-0.2, -0.15) is 0 Å². The molecule has 0 spiro atoms. The fraction of sp³-hybridized carbons (Fsp3) is 0.120. The third-order valence-electron chi connectivity index (χ3n) is 5.65. The molecule has 5 aromatic rings. The van der Waals surface area contributed by atoms with Crippen LogP contribution in [-0.2, 0) is 13.1 Å². The number of aromatic amines is 1. The topological polar surface area (TPSA) is 75.8 Å². The summed E-state index contributed by atoms with van der Waals surface area (Å²) in [5.74, 6) is 0.648. The largest absolute Gasteiger partial charge is 0.497 e. The molecule has 0 radical (unpaired) electrons. The van der Waals surface area contributed by atoms with Crippen LogP contribution in [0.5, 0.6) is 5.75 Å². The van der Waals surface area contributed by atoms with Crippen molar-refractivity contribution in [2.45, 2.75) is 13.1 Å². The summed E-state index contributed by atoms with van der Waals surface area (Å²) in [7, 11) is 1.61. The Morgan fingerprint density at radius 1 is 0.969 bits per heavy atom. The van der Waals surface area contributed by atoms with Gasteiger partial charge in [0.1, 0.15) is 5.75 Å². The molecule has 0 saturated carbocycles. The average molecular weight is 491 g/mol. The summed E-state index contributed by atoms with van der Waals surface area (Å²) in [6.45, 7) is 0.664. The van der Waals surface area contributed by atoms with Gasteiger partial charge in [-0.1, -0.05) is 42.5 Å². The molecule has 6 nitrogen and oxygen atoms in total. The van der Waals surface area contributed by atoms with Crippen LogP contribution >= 0.6 is 17.0 Å². The molecule has 0 atom stereocenters. The second kappa shape index (κ2) is 8.88. The summed E-state index contributed by atoms with van der Waals surface area (Å²) in [6.07, 6.45) is 1.74. The van der Waals surface area contributed by atoms with E-state index in [4.69, 9.17) is 10.1 Å². The zero-order valence-corrected chi connectivity index (χ0v) is 19.3. The Bertz CT molecular complexity index is 1460. The number of benzene rings is 3. The van der Waals surface area contributed by atoms with Crippen LogP contribution in [-0.4, -0.2) is 27.0 Å². The number of imidazole rings is 1. The number of fused-ring (bicyclic) bond motifs is 2. The molecule has 2 N–H and O–H groups in total. The summed E-state index contributed by atoms with van der Waals surface area (Å²) >= 11 is 0. The number of ether oxygens (including phenoxy) is 1. The van der Waals surface area contributed by atoms with Crippen molar-refractivity contribution in [2.75, 3.05) is 7.11 Å². The lowest BCUT2D eigenvalue weighted by Crippen LogP contribution is -2.27. The molecule has 0 bridgehead atoms. The monoisotopic (exact) mass is 490 g/mol. The van der Waals surface area contributed by atoms with Gasteiger partial charge in [-0.05, 0) is 35.9 Å². The maximum atomic E-state index is 13.3. The van der Waals surface area contributed by atoms with Gasteiger partial charge < -0.3 is 18.9 Å². The predicted octanol–water partition coefficient (Wildman–Crippen LogP) is 4.92. The first-order valence-corrected chi connectivity index (χ1v) is 10.1. The molecule has 7 heteroatoms. The van der Waals surface area contributed by atoms with E-state index >= 15 is 0 Å². The van der Waals surface area contributed by atoms with Crippen molar-refractivity contribution in [1.29, 1.82) is 5.41 Å². The zero-order valence-electron chi connectivity index (χ0n) is 17.5. The van der Waals surface area contributed by atoms with Crippen LogP contribution in [0.1, 0.15) is 15.9 Å². The predicted molar refractivity (Wildman–Crippen MR) is 131 cm³/mol. The molecule has 3 aromatic carbocycles. The minimum atomic E-state index is -0.0550. The molecule has 0 aliphatic rings. The van der Waals surface area contributed by atoms with Gasteiger partial charge in [0.15, 0.2) is 5.78 Å². The molecule has 32 heavy (non-hydrogen) atoms. The highest BCUT2D eigenvalue weighted by molar-refractivity contribution is 8.93. The van der Waals surface area contributed by atoms with E-state index in [1.807, 2.05) is 77.4 Å². The van der Waals surface area contributed by atoms with Gasteiger partial charge in [0, 0.05) is 22.7 Å². The van der Waals surface area contributed by atoms with Crippen LogP contribution in [0.15, 0.2) is 79.0 Å². The first-order chi connectivity index (χ1) is 15.2. The summed E-state index contributed by atoms with van der Waals surface area (Å²) in [5.41, 5.74) is 4.70. The van der Waals surface area contributed by atoms with Gasteiger partial charge in [-0.25, -0.2) is 0 Å². The van der Waals surface area contributed by atoms with Crippen molar-refractivity contribution in [2.24, 2.45) is 0 Å². The summed E-state index contributed by atoms with van der Waals surface area (Å²) < 4.78 is 9.04. The third-order valence-corrected chi connectivity index (χ3v) is 5.65. The number of halogens is 1. The van der Waals surface area contributed by atoms with Crippen molar-refractivity contribution >= 4 is 44.7 Å². The lowest BCUT2D eigenvalue weighted by Gasteiger charge is -2.05. The molecule has 2 aromatic heterocycles. The Balaban J connectivity index is 0.00000245. The number of carbonyl (C=O) groups is 1. The van der Waals surface area contributed by atoms with E-state index in [0.717, 1.165) is 27.5 Å². The number of methoxy groups -OCH3 is 1. The summed E-state index contributed by atoms with van der Waals surface area (Å²) in [4.78, 5) is 16.4. The standard InChI is InChI=1S/C25H22N4O2.BrH/c1-31-18-11-12-21-19(13-18)20(14-27-21)24(30)16-29-23-10-6-5-9-22(23)28(25(29)26)15-17-7-3-2-4-8-17;/h2-14,26-27H,15-16H2,1H3;1H. The number of Topliss-reactive ketones (excluding diaryl/α,β-unsaturated/α-hetero) is 1. The van der Waals surface area contributed by atoms with Crippen LogP contribution in [0.25, 0.3) is 21.9 Å². The van der Waals surface area contributed by atoms with Crippen molar-refractivity contribution in [3.63, 3.8) is 0 Å². The van der Waals surface area contributed by atoms with Crippen molar-refractivity contribution in [1.82, 2.24) is 14.1 Å². The van der Waals surface area contributed by atoms with Gasteiger partial charge >= 0.3 is 0 Å². The SMILES string of the molecule is Br.COc1ccc2[nH]cc(C(=O)Cn3c(=N)n(Cc4ccccc4)c4ccccc43)c2c1. The van der Waals surface area contributed by atoms with E-state index in [0.29, 0.717) is 23.5 Å². The van der Waals surface area contributed by atoms with Crippen LogP contribution < -0.4 is 10.4 Å². The van der Waals surface area contributed by atoms with Crippen molar-refractivity contribution in [3.8, 4) is 5.75 Å². The number of hydrogen-bond donors (Lipinski definition) is 2. The Morgan fingerprint density at radius 2 is 1.66 bits per heavy atom. The fourth-order valence-electron chi connectivity index (χ4n) is 4.07. The highest BCUT2D eigenvalue weighted by Gasteiger charge is 2.17. The number of H-pyrrole nitrogens is 1. The maximum Gasteiger partial charge on any atom is 0.203 e. The molecule has 0 unspecified atom stereocenters. The van der Waals surface area contributed by atoms with E-state index in [1.165, 1.54) is 0 Å². The van der Waals surface area contributed by atoms with Gasteiger partial charge in [-0.3, -0.25) is 10.2 Å². The molecular weight excluding hydrogens is 468 g/mol. The molecule has 5 rings (SSSR count). The number of para-hydroxylation sites is 2. The number of aromatic nitrogens is 3. The lowest BCUT2D eigenvalue weighted by atomic mass is 10.1. The minimum Gasteiger partial charge on any atom is -0.497 e. The lowest BCUT2D eigenvalue weighted by molar-refractivity contribution is 0.0973. The van der Waals surface area contributed by atoms with E-state index < -0.39 is 0 Å². The third kappa shape index (κ3) is 3.76. The normalized spacial score (nSPS) is 10.9. The number of ketones is 1. The minimum absolute atomic E-state index is 0. The number of nitrogens with one attached hydrogen (secondary N) is 2. The van der Waals surface area contributed by atoms with Crippen LogP contribution in [0.2, 0.25) is 0 Å². The quantitative estimate of drug-likeness (QED) is 0.331. The van der Waals surface area contributed by atoms with E-state index in [9.17, 15) is 4.79 Å². The Hall–Kier alpha value is -3.58. The molecular formula is C25H23BrN4O2. The van der Waals surface area contributed by atoms with Crippen molar-refractivity contribution < 1.29 is 9.53 Å². The second-order valence-electron chi connectivity index (χ2n) is 7.51. The van der Waals surface area contributed by atoms with E-state index in [-0.39, 0.29) is 29.3 Å². The molecule has 162 valence electrons. The van der Waals surface area contributed by atoms with E-state index in [2.05, 4.69) is 4.98 Å². The number of rotatable bonds is 6. The van der Waals surface area contributed by atoms with Crippen LogP contribution in [0, 0.1) is 5.41 Å². The first-order valence-electron chi connectivity index (χ1n) is 10.1.